The van der Waals surface area contributed by atoms with E-state index in [-0.39, 0.29) is 17.5 Å². The molecule has 1 unspecified atom stereocenters. The third-order valence-electron chi connectivity index (χ3n) is 2.98. The van der Waals surface area contributed by atoms with Crippen LogP contribution in [-0.2, 0) is 7.05 Å². The van der Waals surface area contributed by atoms with Gasteiger partial charge in [0.2, 0.25) is 0 Å². The Balaban J connectivity index is 2.54. The summed E-state index contributed by atoms with van der Waals surface area (Å²) in [4.78, 5) is 23.3. The van der Waals surface area contributed by atoms with Crippen molar-refractivity contribution in [3.05, 3.63) is 34.2 Å². The van der Waals surface area contributed by atoms with E-state index in [9.17, 15) is 9.59 Å². The van der Waals surface area contributed by atoms with Crippen LogP contribution < -0.4 is 10.9 Å². The fraction of sp³-hybridized carbons (Fsp3) is 0.571. The summed E-state index contributed by atoms with van der Waals surface area (Å²) < 4.78 is 1.45. The molecule has 1 amide bonds. The standard InChI is InChI=1S/C14H22N2O2/c1-4-5-6-7-11(2)15-14(18)12-8-9-16(3)13(17)10-12/h8-11H,4-7H2,1-3H3,(H,15,18). The lowest BCUT2D eigenvalue weighted by atomic mass is 10.1. The molecular weight excluding hydrogens is 228 g/mol. The number of pyridine rings is 1. The Labute approximate surface area is 108 Å². The maximum Gasteiger partial charge on any atom is 0.251 e. The maximum atomic E-state index is 11.9. The average molecular weight is 250 g/mol. The Morgan fingerprint density at radius 3 is 2.78 bits per heavy atom. The van der Waals surface area contributed by atoms with Gasteiger partial charge < -0.3 is 9.88 Å². The Morgan fingerprint density at radius 2 is 2.17 bits per heavy atom. The third-order valence-corrected chi connectivity index (χ3v) is 2.98. The van der Waals surface area contributed by atoms with E-state index >= 15 is 0 Å². The fourth-order valence-corrected chi connectivity index (χ4v) is 1.77. The molecule has 4 heteroatoms. The summed E-state index contributed by atoms with van der Waals surface area (Å²) in [5.41, 5.74) is 0.265. The molecule has 18 heavy (non-hydrogen) atoms. The Kier molecular flexibility index (Phi) is 5.62. The molecule has 1 aromatic rings. The van der Waals surface area contributed by atoms with Crippen LogP contribution in [0.5, 0.6) is 0 Å². The van der Waals surface area contributed by atoms with E-state index in [0.717, 1.165) is 12.8 Å². The molecule has 0 aliphatic rings. The minimum atomic E-state index is -0.170. The van der Waals surface area contributed by atoms with Crippen LogP contribution in [0, 0.1) is 0 Å². The highest BCUT2D eigenvalue weighted by molar-refractivity contribution is 5.94. The van der Waals surface area contributed by atoms with Crippen molar-refractivity contribution >= 4 is 5.91 Å². The largest absolute Gasteiger partial charge is 0.350 e. The molecule has 0 radical (unpaired) electrons. The highest BCUT2D eigenvalue weighted by Gasteiger charge is 2.10. The minimum Gasteiger partial charge on any atom is -0.350 e. The molecule has 0 aromatic carbocycles. The molecule has 1 heterocycles. The van der Waals surface area contributed by atoms with Crippen molar-refractivity contribution in [2.24, 2.45) is 7.05 Å². The Hall–Kier alpha value is -1.58. The monoisotopic (exact) mass is 250 g/mol. The lowest BCUT2D eigenvalue weighted by molar-refractivity contribution is 0.0937. The molecule has 0 saturated carbocycles. The number of carbonyl (C=O) groups excluding carboxylic acids is 1. The predicted octanol–water partition coefficient (Wildman–Crippen LogP) is 2.08. The second kappa shape index (κ2) is 6.99. The molecule has 0 aliphatic heterocycles. The zero-order chi connectivity index (χ0) is 13.5. The summed E-state index contributed by atoms with van der Waals surface area (Å²) in [7, 11) is 1.66. The number of unbranched alkanes of at least 4 members (excludes halogenated alkanes) is 2. The molecule has 1 N–H and O–H groups in total. The van der Waals surface area contributed by atoms with Crippen molar-refractivity contribution in [1.29, 1.82) is 0 Å². The number of aromatic nitrogens is 1. The first-order chi connectivity index (χ1) is 8.54. The van der Waals surface area contributed by atoms with Crippen LogP contribution >= 0.6 is 0 Å². The van der Waals surface area contributed by atoms with E-state index in [1.54, 1.807) is 19.3 Å². The van der Waals surface area contributed by atoms with Gasteiger partial charge in [-0.2, -0.15) is 0 Å². The second-order valence-electron chi connectivity index (χ2n) is 4.73. The van der Waals surface area contributed by atoms with Gasteiger partial charge in [-0.1, -0.05) is 26.2 Å². The lowest BCUT2D eigenvalue weighted by Crippen LogP contribution is -2.33. The summed E-state index contributed by atoms with van der Waals surface area (Å²) in [6.45, 7) is 4.15. The van der Waals surface area contributed by atoms with Crippen LogP contribution in [0.15, 0.2) is 23.1 Å². The highest BCUT2D eigenvalue weighted by Crippen LogP contribution is 2.04. The summed E-state index contributed by atoms with van der Waals surface area (Å²) in [6, 6.07) is 3.18. The molecule has 0 fully saturated rings. The first kappa shape index (κ1) is 14.5. The predicted molar refractivity (Wildman–Crippen MR) is 72.8 cm³/mol. The van der Waals surface area contributed by atoms with Gasteiger partial charge in [0, 0.05) is 30.9 Å². The van der Waals surface area contributed by atoms with Crippen molar-refractivity contribution < 1.29 is 4.79 Å². The number of nitrogens with one attached hydrogen (secondary N) is 1. The number of nitrogens with zero attached hydrogens (tertiary/aromatic N) is 1. The van der Waals surface area contributed by atoms with Gasteiger partial charge in [0.05, 0.1) is 0 Å². The molecule has 100 valence electrons. The van der Waals surface area contributed by atoms with Crippen molar-refractivity contribution in [2.75, 3.05) is 0 Å². The van der Waals surface area contributed by atoms with E-state index < -0.39 is 0 Å². The lowest BCUT2D eigenvalue weighted by Gasteiger charge is -2.13. The number of hydrogen-bond donors (Lipinski definition) is 1. The van der Waals surface area contributed by atoms with Gasteiger partial charge in [0.25, 0.3) is 11.5 Å². The molecule has 4 nitrogen and oxygen atoms in total. The summed E-state index contributed by atoms with van der Waals surface area (Å²) in [6.07, 6.45) is 6.07. The van der Waals surface area contributed by atoms with Gasteiger partial charge in [-0.05, 0) is 19.4 Å². The zero-order valence-corrected chi connectivity index (χ0v) is 11.4. The normalized spacial score (nSPS) is 12.2. The third kappa shape index (κ3) is 4.35. The van der Waals surface area contributed by atoms with Crippen molar-refractivity contribution in [3.63, 3.8) is 0 Å². The number of aryl methyl sites for hydroxylation is 1. The first-order valence-corrected chi connectivity index (χ1v) is 6.52. The number of hydrogen-bond acceptors (Lipinski definition) is 2. The van der Waals surface area contributed by atoms with Crippen molar-refractivity contribution in [1.82, 2.24) is 9.88 Å². The molecule has 1 atom stereocenters. The van der Waals surface area contributed by atoms with Crippen LogP contribution in [0.2, 0.25) is 0 Å². The Bertz CT molecular complexity index is 451. The number of carbonyl (C=O) groups is 1. The molecule has 0 spiro atoms. The molecular formula is C14H22N2O2. The number of rotatable bonds is 6. The molecule has 0 bridgehead atoms. The maximum absolute atomic E-state index is 11.9. The van der Waals surface area contributed by atoms with E-state index in [4.69, 9.17) is 0 Å². The van der Waals surface area contributed by atoms with Gasteiger partial charge >= 0.3 is 0 Å². The van der Waals surface area contributed by atoms with Gasteiger partial charge in [0.1, 0.15) is 0 Å². The van der Waals surface area contributed by atoms with Crippen LogP contribution in [0.4, 0.5) is 0 Å². The number of amides is 1. The molecule has 1 rings (SSSR count). The van der Waals surface area contributed by atoms with Crippen molar-refractivity contribution in [3.8, 4) is 0 Å². The quantitative estimate of drug-likeness (QED) is 0.786. The first-order valence-electron chi connectivity index (χ1n) is 6.52. The Morgan fingerprint density at radius 1 is 1.44 bits per heavy atom. The topological polar surface area (TPSA) is 51.1 Å². The average Bonchev–Trinajstić information content (AvgIpc) is 2.33. The van der Waals surface area contributed by atoms with Crippen LogP contribution in [0.25, 0.3) is 0 Å². The van der Waals surface area contributed by atoms with Crippen LogP contribution in [0.3, 0.4) is 0 Å². The van der Waals surface area contributed by atoms with Crippen LogP contribution in [0.1, 0.15) is 49.9 Å². The summed E-state index contributed by atoms with van der Waals surface area (Å²) in [5.74, 6) is -0.170. The summed E-state index contributed by atoms with van der Waals surface area (Å²) >= 11 is 0. The fourth-order valence-electron chi connectivity index (χ4n) is 1.77. The second-order valence-corrected chi connectivity index (χ2v) is 4.73. The van der Waals surface area contributed by atoms with E-state index in [1.807, 2.05) is 6.92 Å². The van der Waals surface area contributed by atoms with Gasteiger partial charge in [-0.15, -0.1) is 0 Å². The molecule has 0 saturated heterocycles. The van der Waals surface area contributed by atoms with Crippen LogP contribution in [-0.4, -0.2) is 16.5 Å². The smallest absolute Gasteiger partial charge is 0.251 e. The zero-order valence-electron chi connectivity index (χ0n) is 11.4. The van der Waals surface area contributed by atoms with Gasteiger partial charge in [-0.3, -0.25) is 9.59 Å². The van der Waals surface area contributed by atoms with Gasteiger partial charge in [-0.25, -0.2) is 0 Å². The SMILES string of the molecule is CCCCCC(C)NC(=O)c1ccn(C)c(=O)c1. The summed E-state index contributed by atoms with van der Waals surface area (Å²) in [5, 5.41) is 2.91. The highest BCUT2D eigenvalue weighted by atomic mass is 16.2. The molecule has 1 aromatic heterocycles. The van der Waals surface area contributed by atoms with Crippen molar-refractivity contribution in [2.45, 2.75) is 45.6 Å². The minimum absolute atomic E-state index is 0.146. The molecule has 0 aliphatic carbocycles. The van der Waals surface area contributed by atoms with E-state index in [2.05, 4.69) is 12.2 Å². The van der Waals surface area contributed by atoms with E-state index in [0.29, 0.717) is 5.56 Å². The van der Waals surface area contributed by atoms with Gasteiger partial charge in [0.15, 0.2) is 0 Å². The van der Waals surface area contributed by atoms with E-state index in [1.165, 1.54) is 23.5 Å².